The minimum absolute atomic E-state index is 0.00511. The van der Waals surface area contributed by atoms with Crippen LogP contribution in [0.1, 0.15) is 6.42 Å². The van der Waals surface area contributed by atoms with Gasteiger partial charge in [0.1, 0.15) is 0 Å². The molecule has 1 aliphatic rings. The van der Waals surface area contributed by atoms with Gasteiger partial charge in [0, 0.05) is 26.2 Å². The predicted molar refractivity (Wildman–Crippen MR) is 52.0 cm³/mol. The first-order valence-corrected chi connectivity index (χ1v) is 5.00. The van der Waals surface area contributed by atoms with Crippen LogP contribution in [0.25, 0.3) is 0 Å². The van der Waals surface area contributed by atoms with E-state index in [1.165, 1.54) is 0 Å². The van der Waals surface area contributed by atoms with Crippen molar-refractivity contribution in [2.24, 2.45) is 0 Å². The maximum absolute atomic E-state index is 11.3. The highest BCUT2D eigenvalue weighted by Crippen LogP contribution is 1.97. The molecule has 5 nitrogen and oxygen atoms in total. The van der Waals surface area contributed by atoms with Crippen molar-refractivity contribution in [1.82, 2.24) is 10.2 Å². The Morgan fingerprint density at radius 3 is 3.07 bits per heavy atom. The highest BCUT2D eigenvalue weighted by Gasteiger charge is 2.12. The average molecular weight is 202 g/mol. The molecule has 0 spiro atoms. The minimum Gasteiger partial charge on any atom is -0.395 e. The van der Waals surface area contributed by atoms with E-state index in [0.717, 1.165) is 26.1 Å². The number of hydrogen-bond acceptors (Lipinski definition) is 4. The fourth-order valence-electron chi connectivity index (χ4n) is 1.41. The van der Waals surface area contributed by atoms with Gasteiger partial charge in [0.25, 0.3) is 0 Å². The molecule has 1 fully saturated rings. The molecule has 0 aliphatic carbocycles. The first-order chi connectivity index (χ1) is 6.83. The summed E-state index contributed by atoms with van der Waals surface area (Å²) in [7, 11) is 0. The summed E-state index contributed by atoms with van der Waals surface area (Å²) in [6, 6.07) is 0. The molecule has 14 heavy (non-hydrogen) atoms. The number of hydrogen-bond donors (Lipinski definition) is 2. The Morgan fingerprint density at radius 2 is 2.29 bits per heavy atom. The normalized spacial score (nSPS) is 18.9. The maximum atomic E-state index is 11.3. The molecule has 0 radical (unpaired) electrons. The van der Waals surface area contributed by atoms with Gasteiger partial charge in [-0.1, -0.05) is 0 Å². The van der Waals surface area contributed by atoms with Crippen LogP contribution in [-0.2, 0) is 9.53 Å². The number of nitrogens with zero attached hydrogens (tertiary/aromatic N) is 1. The predicted octanol–water partition coefficient (Wildman–Crippen LogP) is -1.18. The second-order valence-electron chi connectivity index (χ2n) is 3.32. The second-order valence-corrected chi connectivity index (χ2v) is 3.32. The van der Waals surface area contributed by atoms with Crippen LogP contribution in [0.3, 0.4) is 0 Å². The van der Waals surface area contributed by atoms with Crippen molar-refractivity contribution in [2.45, 2.75) is 6.42 Å². The van der Waals surface area contributed by atoms with Gasteiger partial charge in [-0.2, -0.15) is 0 Å². The minimum atomic E-state index is -0.0269. The summed E-state index contributed by atoms with van der Waals surface area (Å²) in [6.07, 6.45) is 0.979. The summed E-state index contributed by atoms with van der Waals surface area (Å²) in [6.45, 7) is 3.95. The zero-order valence-electron chi connectivity index (χ0n) is 8.37. The highest BCUT2D eigenvalue weighted by atomic mass is 16.5. The van der Waals surface area contributed by atoms with Gasteiger partial charge < -0.3 is 15.2 Å². The van der Waals surface area contributed by atoms with E-state index in [1.807, 2.05) is 0 Å². The topological polar surface area (TPSA) is 61.8 Å². The van der Waals surface area contributed by atoms with E-state index < -0.39 is 0 Å². The molecule has 5 heteroatoms. The standard InChI is InChI=1S/C9H18N2O3/c12-5-2-10-9(13)8-11-3-1-6-14-7-4-11/h12H,1-8H2,(H,10,13). The fourth-order valence-corrected chi connectivity index (χ4v) is 1.41. The Kier molecular flexibility index (Phi) is 5.51. The van der Waals surface area contributed by atoms with Crippen molar-refractivity contribution in [3.05, 3.63) is 0 Å². The third kappa shape index (κ3) is 4.55. The number of nitrogens with one attached hydrogen (secondary N) is 1. The molecule has 2 N–H and O–H groups in total. The molecule has 0 unspecified atom stereocenters. The van der Waals surface area contributed by atoms with E-state index in [2.05, 4.69) is 10.2 Å². The SMILES string of the molecule is O=C(CN1CCCOCC1)NCCO. The Morgan fingerprint density at radius 1 is 1.43 bits per heavy atom. The van der Waals surface area contributed by atoms with Gasteiger partial charge >= 0.3 is 0 Å². The van der Waals surface area contributed by atoms with Crippen LogP contribution in [0.15, 0.2) is 0 Å². The van der Waals surface area contributed by atoms with Crippen LogP contribution in [0.4, 0.5) is 0 Å². The molecule has 0 atom stereocenters. The average Bonchev–Trinajstić information content (AvgIpc) is 2.43. The van der Waals surface area contributed by atoms with Gasteiger partial charge in [-0.3, -0.25) is 9.69 Å². The quantitative estimate of drug-likeness (QED) is 0.602. The second kappa shape index (κ2) is 6.75. The number of carbonyl (C=O) groups is 1. The number of ether oxygens (including phenoxy) is 1. The Bertz CT molecular complexity index is 167. The van der Waals surface area contributed by atoms with Crippen molar-refractivity contribution >= 4 is 5.91 Å². The number of aliphatic hydroxyl groups excluding tert-OH is 1. The van der Waals surface area contributed by atoms with Gasteiger partial charge in [-0.15, -0.1) is 0 Å². The van der Waals surface area contributed by atoms with E-state index in [9.17, 15) is 4.79 Å². The number of amides is 1. The van der Waals surface area contributed by atoms with Crippen molar-refractivity contribution in [3.63, 3.8) is 0 Å². The molecule has 0 aromatic heterocycles. The molecule has 0 saturated carbocycles. The van der Waals surface area contributed by atoms with E-state index >= 15 is 0 Å². The Balaban J connectivity index is 2.17. The smallest absolute Gasteiger partial charge is 0.234 e. The van der Waals surface area contributed by atoms with Gasteiger partial charge in [0.15, 0.2) is 0 Å². The number of aliphatic hydroxyl groups is 1. The molecule has 0 bridgehead atoms. The van der Waals surface area contributed by atoms with E-state index in [0.29, 0.717) is 19.7 Å². The largest absolute Gasteiger partial charge is 0.395 e. The van der Waals surface area contributed by atoms with Crippen molar-refractivity contribution in [3.8, 4) is 0 Å². The summed E-state index contributed by atoms with van der Waals surface area (Å²) in [4.78, 5) is 13.3. The monoisotopic (exact) mass is 202 g/mol. The number of rotatable bonds is 4. The Hall–Kier alpha value is -0.650. The van der Waals surface area contributed by atoms with Crippen molar-refractivity contribution in [2.75, 3.05) is 46.0 Å². The fraction of sp³-hybridized carbons (Fsp3) is 0.889. The van der Waals surface area contributed by atoms with Gasteiger partial charge in [0.2, 0.25) is 5.91 Å². The molecule has 1 saturated heterocycles. The third-order valence-electron chi connectivity index (χ3n) is 2.12. The summed E-state index contributed by atoms with van der Waals surface area (Å²) < 4.78 is 5.27. The van der Waals surface area contributed by atoms with Crippen LogP contribution < -0.4 is 5.32 Å². The van der Waals surface area contributed by atoms with E-state index in [-0.39, 0.29) is 12.5 Å². The lowest BCUT2D eigenvalue weighted by atomic mass is 10.4. The molecular weight excluding hydrogens is 184 g/mol. The van der Waals surface area contributed by atoms with Gasteiger partial charge in [-0.25, -0.2) is 0 Å². The lowest BCUT2D eigenvalue weighted by Crippen LogP contribution is -2.39. The zero-order valence-corrected chi connectivity index (χ0v) is 8.37. The van der Waals surface area contributed by atoms with Crippen LogP contribution in [0, 0.1) is 0 Å². The number of carbonyl (C=O) groups excluding carboxylic acids is 1. The van der Waals surface area contributed by atoms with Gasteiger partial charge in [0.05, 0.1) is 19.8 Å². The summed E-state index contributed by atoms with van der Waals surface area (Å²) in [5, 5.41) is 11.1. The van der Waals surface area contributed by atoms with E-state index in [4.69, 9.17) is 9.84 Å². The summed E-state index contributed by atoms with van der Waals surface area (Å²) in [5.41, 5.74) is 0. The van der Waals surface area contributed by atoms with Crippen LogP contribution in [-0.4, -0.2) is 61.9 Å². The van der Waals surface area contributed by atoms with E-state index in [1.54, 1.807) is 0 Å². The molecule has 1 heterocycles. The maximum Gasteiger partial charge on any atom is 0.234 e. The molecule has 0 aromatic carbocycles. The van der Waals surface area contributed by atoms with Crippen LogP contribution in [0.5, 0.6) is 0 Å². The lowest BCUT2D eigenvalue weighted by molar-refractivity contribution is -0.122. The molecule has 1 aliphatic heterocycles. The third-order valence-corrected chi connectivity index (χ3v) is 2.12. The summed E-state index contributed by atoms with van der Waals surface area (Å²) in [5.74, 6) is -0.0269. The first kappa shape index (κ1) is 11.4. The molecule has 0 aromatic rings. The zero-order chi connectivity index (χ0) is 10.2. The Labute approximate surface area is 84.0 Å². The highest BCUT2D eigenvalue weighted by molar-refractivity contribution is 5.77. The summed E-state index contributed by atoms with van der Waals surface area (Å²) >= 11 is 0. The lowest BCUT2D eigenvalue weighted by Gasteiger charge is -2.17. The molecule has 82 valence electrons. The first-order valence-electron chi connectivity index (χ1n) is 5.00. The molecular formula is C9H18N2O3. The van der Waals surface area contributed by atoms with Crippen LogP contribution in [0.2, 0.25) is 0 Å². The van der Waals surface area contributed by atoms with Crippen LogP contribution >= 0.6 is 0 Å². The van der Waals surface area contributed by atoms with Crippen molar-refractivity contribution in [1.29, 1.82) is 0 Å². The molecule has 1 rings (SSSR count). The van der Waals surface area contributed by atoms with Crippen molar-refractivity contribution < 1.29 is 14.6 Å². The molecule has 1 amide bonds. The van der Waals surface area contributed by atoms with Gasteiger partial charge in [-0.05, 0) is 6.42 Å².